The Morgan fingerprint density at radius 2 is 2.00 bits per heavy atom. The number of benzene rings is 1. The van der Waals surface area contributed by atoms with Gasteiger partial charge >= 0.3 is 0 Å². The maximum absolute atomic E-state index is 12.5. The Morgan fingerprint density at radius 3 is 2.68 bits per heavy atom. The first-order valence-corrected chi connectivity index (χ1v) is 11.4. The summed E-state index contributed by atoms with van der Waals surface area (Å²) in [6, 6.07) is 10.9. The molecule has 1 unspecified atom stereocenters. The average Bonchev–Trinajstić information content (AvgIpc) is 2.97. The molecule has 1 fully saturated rings. The van der Waals surface area contributed by atoms with Crippen LogP contribution in [0.4, 0.5) is 0 Å². The van der Waals surface area contributed by atoms with Gasteiger partial charge in [0.05, 0.1) is 11.7 Å². The fraction of sp³-hybridized carbons (Fsp3) is 0.520. The summed E-state index contributed by atoms with van der Waals surface area (Å²) in [5.74, 6) is 0.359. The highest BCUT2D eigenvalue weighted by atomic mass is 16.5. The van der Waals surface area contributed by atoms with E-state index < -0.39 is 0 Å². The SMILES string of the molecule is COC(C)COc1ccc(C(=O)NCc2ccc3c(c2)CCN(C2CCC2)CC3)cn1. The summed E-state index contributed by atoms with van der Waals surface area (Å²) in [5.41, 5.74) is 4.56. The normalized spacial score (nSPS) is 17.9. The van der Waals surface area contributed by atoms with Crippen molar-refractivity contribution in [2.75, 3.05) is 26.8 Å². The van der Waals surface area contributed by atoms with Gasteiger partial charge in [-0.25, -0.2) is 4.98 Å². The molecular weight excluding hydrogens is 390 g/mol. The molecule has 1 saturated carbocycles. The summed E-state index contributed by atoms with van der Waals surface area (Å²) >= 11 is 0. The quantitative estimate of drug-likeness (QED) is 0.705. The first kappa shape index (κ1) is 21.8. The zero-order chi connectivity index (χ0) is 21.6. The molecule has 166 valence electrons. The average molecular weight is 424 g/mol. The number of amides is 1. The highest BCUT2D eigenvalue weighted by molar-refractivity contribution is 5.93. The molecule has 0 saturated heterocycles. The van der Waals surface area contributed by atoms with E-state index in [0.29, 0.717) is 24.6 Å². The van der Waals surface area contributed by atoms with Crippen molar-refractivity contribution in [1.82, 2.24) is 15.2 Å². The number of carbonyl (C=O) groups excluding carboxylic acids is 1. The monoisotopic (exact) mass is 423 g/mol. The van der Waals surface area contributed by atoms with Crippen LogP contribution in [0.2, 0.25) is 0 Å². The Balaban J connectivity index is 1.29. The number of pyridine rings is 1. The molecular formula is C25H33N3O3. The van der Waals surface area contributed by atoms with Crippen molar-refractivity contribution in [3.05, 3.63) is 58.8 Å². The van der Waals surface area contributed by atoms with E-state index in [1.54, 1.807) is 25.4 Å². The maximum atomic E-state index is 12.5. The zero-order valence-corrected chi connectivity index (χ0v) is 18.6. The second kappa shape index (κ2) is 10.2. The molecule has 1 N–H and O–H groups in total. The van der Waals surface area contributed by atoms with Crippen molar-refractivity contribution in [3.63, 3.8) is 0 Å². The molecule has 2 heterocycles. The third-order valence-corrected chi connectivity index (χ3v) is 6.52. The minimum absolute atomic E-state index is 0.00743. The lowest BCUT2D eigenvalue weighted by atomic mass is 9.91. The van der Waals surface area contributed by atoms with Crippen LogP contribution in [-0.4, -0.2) is 54.7 Å². The fourth-order valence-electron chi connectivity index (χ4n) is 4.18. The maximum Gasteiger partial charge on any atom is 0.253 e. The van der Waals surface area contributed by atoms with E-state index in [9.17, 15) is 4.79 Å². The minimum Gasteiger partial charge on any atom is -0.475 e. The Bertz CT molecular complexity index is 880. The number of fused-ring (bicyclic) bond motifs is 1. The number of methoxy groups -OCH3 is 1. The van der Waals surface area contributed by atoms with Gasteiger partial charge in [-0.15, -0.1) is 0 Å². The molecule has 6 nitrogen and oxygen atoms in total. The van der Waals surface area contributed by atoms with Gasteiger partial charge in [0.1, 0.15) is 6.61 Å². The predicted molar refractivity (Wildman–Crippen MR) is 120 cm³/mol. The molecule has 0 radical (unpaired) electrons. The molecule has 4 rings (SSSR count). The number of aromatic nitrogens is 1. The van der Waals surface area contributed by atoms with Crippen LogP contribution in [-0.2, 0) is 24.1 Å². The largest absolute Gasteiger partial charge is 0.475 e. The Kier molecular flexibility index (Phi) is 7.20. The highest BCUT2D eigenvalue weighted by Crippen LogP contribution is 2.27. The van der Waals surface area contributed by atoms with Crippen LogP contribution in [0.15, 0.2) is 36.5 Å². The number of hydrogen-bond acceptors (Lipinski definition) is 5. The molecule has 1 aromatic heterocycles. The molecule has 1 atom stereocenters. The van der Waals surface area contributed by atoms with Gasteiger partial charge in [0.25, 0.3) is 5.91 Å². The number of carbonyl (C=O) groups is 1. The first-order valence-electron chi connectivity index (χ1n) is 11.4. The molecule has 1 aromatic carbocycles. The number of hydrogen-bond donors (Lipinski definition) is 1. The summed E-state index contributed by atoms with van der Waals surface area (Å²) in [4.78, 5) is 19.4. The van der Waals surface area contributed by atoms with Crippen molar-refractivity contribution < 1.29 is 14.3 Å². The fourth-order valence-corrected chi connectivity index (χ4v) is 4.18. The van der Waals surface area contributed by atoms with Crippen molar-refractivity contribution in [1.29, 1.82) is 0 Å². The smallest absolute Gasteiger partial charge is 0.253 e. The molecule has 0 bridgehead atoms. The van der Waals surface area contributed by atoms with Crippen molar-refractivity contribution >= 4 is 5.91 Å². The lowest BCUT2D eigenvalue weighted by Crippen LogP contribution is -2.41. The highest BCUT2D eigenvalue weighted by Gasteiger charge is 2.26. The van der Waals surface area contributed by atoms with Crippen LogP contribution < -0.4 is 10.1 Å². The standard InChI is InChI=1S/C25H33N3O3/c1-18(30-2)17-31-24-9-8-22(16-26-24)25(29)27-15-19-6-7-20-10-12-28(23-4-3-5-23)13-11-21(20)14-19/h6-9,14,16,18,23H,3-5,10-13,15,17H2,1-2H3,(H,27,29). The molecule has 6 heteroatoms. The van der Waals surface area contributed by atoms with E-state index in [4.69, 9.17) is 9.47 Å². The molecule has 1 aliphatic carbocycles. The summed E-state index contributed by atoms with van der Waals surface area (Å²) in [5, 5.41) is 3.01. The second-order valence-corrected chi connectivity index (χ2v) is 8.65. The third-order valence-electron chi connectivity index (χ3n) is 6.52. The molecule has 0 spiro atoms. The lowest BCUT2D eigenvalue weighted by molar-refractivity contribution is 0.0699. The van der Waals surface area contributed by atoms with Crippen LogP contribution in [0.1, 0.15) is 53.2 Å². The number of rotatable bonds is 8. The zero-order valence-electron chi connectivity index (χ0n) is 18.6. The van der Waals surface area contributed by atoms with Crippen molar-refractivity contribution in [2.24, 2.45) is 0 Å². The Labute approximate surface area is 185 Å². The summed E-state index contributed by atoms with van der Waals surface area (Å²) in [7, 11) is 1.64. The van der Waals surface area contributed by atoms with E-state index in [0.717, 1.165) is 31.0 Å². The molecule has 2 aliphatic rings. The summed E-state index contributed by atoms with van der Waals surface area (Å²) in [6.45, 7) is 5.18. The number of ether oxygens (including phenoxy) is 2. The van der Waals surface area contributed by atoms with Crippen molar-refractivity contribution in [3.8, 4) is 5.88 Å². The van der Waals surface area contributed by atoms with Crippen LogP contribution in [0.3, 0.4) is 0 Å². The van der Waals surface area contributed by atoms with Crippen LogP contribution in [0.5, 0.6) is 5.88 Å². The van der Waals surface area contributed by atoms with Gasteiger partial charge < -0.3 is 14.8 Å². The van der Waals surface area contributed by atoms with E-state index in [1.807, 2.05) is 6.92 Å². The van der Waals surface area contributed by atoms with Gasteiger partial charge in [0, 0.05) is 45.0 Å². The lowest BCUT2D eigenvalue weighted by Gasteiger charge is -2.36. The second-order valence-electron chi connectivity index (χ2n) is 8.65. The summed E-state index contributed by atoms with van der Waals surface area (Å²) in [6.07, 6.45) is 7.88. The van der Waals surface area contributed by atoms with Crippen LogP contribution in [0.25, 0.3) is 0 Å². The van der Waals surface area contributed by atoms with Gasteiger partial charge in [0.2, 0.25) is 5.88 Å². The van der Waals surface area contributed by atoms with E-state index in [-0.39, 0.29) is 12.0 Å². The van der Waals surface area contributed by atoms with Crippen LogP contribution >= 0.6 is 0 Å². The van der Waals surface area contributed by atoms with Crippen LogP contribution in [0, 0.1) is 0 Å². The number of nitrogens with one attached hydrogen (secondary N) is 1. The van der Waals surface area contributed by atoms with Gasteiger partial charge in [-0.1, -0.05) is 24.6 Å². The summed E-state index contributed by atoms with van der Waals surface area (Å²) < 4.78 is 10.7. The van der Waals surface area contributed by atoms with Gasteiger partial charge in [-0.05, 0) is 55.4 Å². The molecule has 1 amide bonds. The molecule has 1 aliphatic heterocycles. The van der Waals surface area contributed by atoms with Gasteiger partial charge in [0.15, 0.2) is 0 Å². The molecule has 31 heavy (non-hydrogen) atoms. The first-order chi connectivity index (χ1) is 15.1. The minimum atomic E-state index is -0.129. The Morgan fingerprint density at radius 1 is 1.19 bits per heavy atom. The van der Waals surface area contributed by atoms with Gasteiger partial charge in [-0.3, -0.25) is 9.69 Å². The topological polar surface area (TPSA) is 63.7 Å². The predicted octanol–water partition coefficient (Wildman–Crippen LogP) is 3.38. The van der Waals surface area contributed by atoms with Gasteiger partial charge in [-0.2, -0.15) is 0 Å². The van der Waals surface area contributed by atoms with E-state index >= 15 is 0 Å². The van der Waals surface area contributed by atoms with E-state index in [1.165, 1.54) is 36.9 Å². The molecule has 2 aromatic rings. The third kappa shape index (κ3) is 5.63. The Hall–Kier alpha value is -2.44. The van der Waals surface area contributed by atoms with E-state index in [2.05, 4.69) is 33.4 Å². The van der Waals surface area contributed by atoms with Crippen molar-refractivity contribution in [2.45, 2.75) is 57.7 Å². The number of nitrogens with zero attached hydrogens (tertiary/aromatic N) is 2.